The van der Waals surface area contributed by atoms with Crippen molar-refractivity contribution in [3.63, 3.8) is 0 Å². The Hall–Kier alpha value is -3.20. The number of urea groups is 1. The second-order valence-electron chi connectivity index (χ2n) is 9.06. The van der Waals surface area contributed by atoms with E-state index in [2.05, 4.69) is 15.6 Å². The van der Waals surface area contributed by atoms with Crippen molar-refractivity contribution in [3.8, 4) is 0 Å². The summed E-state index contributed by atoms with van der Waals surface area (Å²) in [5.74, 6) is -0.481. The van der Waals surface area contributed by atoms with Gasteiger partial charge in [0, 0.05) is 31.1 Å². The van der Waals surface area contributed by atoms with Gasteiger partial charge in [-0.3, -0.25) is 19.8 Å². The molecular formula is C23H33N5O4. The molecule has 0 saturated carbocycles. The third-order valence-corrected chi connectivity index (χ3v) is 5.03. The van der Waals surface area contributed by atoms with Crippen molar-refractivity contribution in [2.24, 2.45) is 11.3 Å². The van der Waals surface area contributed by atoms with E-state index in [1.807, 2.05) is 52.0 Å². The predicted octanol–water partition coefficient (Wildman–Crippen LogP) is 3.15. The molecule has 0 aliphatic heterocycles. The number of carbonyl (C=O) groups excluding carboxylic acids is 3. The molecule has 0 unspecified atom stereocenters. The van der Waals surface area contributed by atoms with Gasteiger partial charge >= 0.3 is 6.03 Å². The minimum atomic E-state index is -0.638. The van der Waals surface area contributed by atoms with E-state index in [-0.39, 0.29) is 31.4 Å². The Kier molecular flexibility index (Phi) is 8.95. The molecule has 2 rings (SSSR count). The molecule has 1 heterocycles. The fourth-order valence-corrected chi connectivity index (χ4v) is 3.19. The van der Waals surface area contributed by atoms with E-state index in [4.69, 9.17) is 5.21 Å². The molecule has 0 radical (unpaired) electrons. The number of anilines is 1. The summed E-state index contributed by atoms with van der Waals surface area (Å²) in [5.41, 5.74) is 2.33. The largest absolute Gasteiger partial charge is 0.337 e. The first-order valence-corrected chi connectivity index (χ1v) is 10.7. The predicted molar refractivity (Wildman–Crippen MR) is 123 cm³/mol. The number of nitrogens with one attached hydrogen (secondary N) is 3. The zero-order valence-electron chi connectivity index (χ0n) is 19.1. The number of hydrogen-bond acceptors (Lipinski definition) is 5. The highest BCUT2D eigenvalue weighted by atomic mass is 16.5. The minimum Gasteiger partial charge on any atom is -0.337 e. The van der Waals surface area contributed by atoms with E-state index >= 15 is 0 Å². The average Bonchev–Trinajstić information content (AvgIpc) is 2.75. The molecular weight excluding hydrogens is 410 g/mol. The highest BCUT2D eigenvalue weighted by Crippen LogP contribution is 2.22. The van der Waals surface area contributed by atoms with Crippen LogP contribution in [0.25, 0.3) is 10.9 Å². The van der Waals surface area contributed by atoms with Crippen LogP contribution >= 0.6 is 0 Å². The number of para-hydroxylation sites is 1. The molecule has 0 fully saturated rings. The topological polar surface area (TPSA) is 124 Å². The van der Waals surface area contributed by atoms with Crippen LogP contribution in [0.15, 0.2) is 36.5 Å². The number of hydroxylamine groups is 1. The van der Waals surface area contributed by atoms with Crippen LogP contribution in [0.5, 0.6) is 0 Å². The van der Waals surface area contributed by atoms with Crippen LogP contribution in [0.3, 0.4) is 0 Å². The van der Waals surface area contributed by atoms with Crippen LogP contribution in [0.1, 0.15) is 40.5 Å². The van der Waals surface area contributed by atoms with Crippen LogP contribution in [0.4, 0.5) is 10.5 Å². The van der Waals surface area contributed by atoms with Crippen molar-refractivity contribution in [3.05, 3.63) is 36.5 Å². The molecule has 4 amide bonds. The molecule has 0 aliphatic rings. The third kappa shape index (κ3) is 7.81. The van der Waals surface area contributed by atoms with E-state index in [1.54, 1.807) is 17.7 Å². The lowest BCUT2D eigenvalue weighted by molar-refractivity contribution is -0.140. The number of fused-ring (bicyclic) bond motifs is 1. The van der Waals surface area contributed by atoms with Gasteiger partial charge in [0.2, 0.25) is 5.91 Å². The first-order valence-electron chi connectivity index (χ1n) is 10.7. The number of nitrogens with zero attached hydrogens (tertiary/aromatic N) is 2. The Morgan fingerprint density at radius 2 is 1.88 bits per heavy atom. The third-order valence-electron chi connectivity index (χ3n) is 5.03. The molecule has 4 N–H and O–H groups in total. The number of amides is 4. The molecule has 0 aliphatic carbocycles. The monoisotopic (exact) mass is 443 g/mol. The first-order chi connectivity index (χ1) is 15.1. The molecule has 1 aromatic heterocycles. The maximum absolute atomic E-state index is 12.8. The zero-order chi connectivity index (χ0) is 23.7. The van der Waals surface area contributed by atoms with Gasteiger partial charge in [0.25, 0.3) is 5.91 Å². The lowest BCUT2D eigenvalue weighted by atomic mass is 9.88. The minimum absolute atomic E-state index is 0.139. The molecule has 0 spiro atoms. The summed E-state index contributed by atoms with van der Waals surface area (Å²) in [5, 5.41) is 15.4. The standard InChI is InChI=1S/C23H33N5O4/c1-16(2)10-12-28(14-19(29)27-32)20(30)13-23(3,4)15-25-22(31)26-18-9-5-7-17-8-6-11-24-21(17)18/h5-9,11,16,32H,10,12-15H2,1-4H3,(H,27,29)(H2,25,26,31). The highest BCUT2D eigenvalue weighted by Gasteiger charge is 2.27. The van der Waals surface area contributed by atoms with E-state index in [0.717, 1.165) is 11.8 Å². The van der Waals surface area contributed by atoms with Crippen LogP contribution in [-0.2, 0) is 9.59 Å². The lowest BCUT2D eigenvalue weighted by Crippen LogP contribution is -2.44. The molecule has 0 bridgehead atoms. The fraction of sp³-hybridized carbons (Fsp3) is 0.478. The van der Waals surface area contributed by atoms with Crippen molar-refractivity contribution in [1.82, 2.24) is 20.7 Å². The Morgan fingerprint density at radius 3 is 2.56 bits per heavy atom. The summed E-state index contributed by atoms with van der Waals surface area (Å²) < 4.78 is 0. The summed E-state index contributed by atoms with van der Waals surface area (Å²) in [6, 6.07) is 8.91. The van der Waals surface area contributed by atoms with Gasteiger partial charge < -0.3 is 15.5 Å². The van der Waals surface area contributed by atoms with Gasteiger partial charge in [-0.1, -0.05) is 45.9 Å². The fourth-order valence-electron chi connectivity index (χ4n) is 3.19. The first kappa shape index (κ1) is 25.1. The summed E-state index contributed by atoms with van der Waals surface area (Å²) in [6.07, 6.45) is 2.55. The summed E-state index contributed by atoms with van der Waals surface area (Å²) in [4.78, 5) is 42.6. The lowest BCUT2D eigenvalue weighted by Gasteiger charge is -2.29. The van der Waals surface area contributed by atoms with Crippen molar-refractivity contribution < 1.29 is 19.6 Å². The second-order valence-corrected chi connectivity index (χ2v) is 9.06. The van der Waals surface area contributed by atoms with Gasteiger partial charge in [0.15, 0.2) is 0 Å². The van der Waals surface area contributed by atoms with Crippen LogP contribution in [-0.4, -0.2) is 52.6 Å². The Bertz CT molecular complexity index is 940. The smallest absolute Gasteiger partial charge is 0.319 e. The Labute approximate surface area is 188 Å². The quantitative estimate of drug-likeness (QED) is 0.332. The number of pyridine rings is 1. The van der Waals surface area contributed by atoms with E-state index in [1.165, 1.54) is 4.90 Å². The number of rotatable bonds is 10. The zero-order valence-corrected chi connectivity index (χ0v) is 19.1. The Morgan fingerprint density at radius 1 is 1.16 bits per heavy atom. The van der Waals surface area contributed by atoms with Gasteiger partial charge in [0.1, 0.15) is 6.54 Å². The van der Waals surface area contributed by atoms with E-state index in [0.29, 0.717) is 23.7 Å². The molecule has 9 heteroatoms. The second kappa shape index (κ2) is 11.4. The normalized spacial score (nSPS) is 11.3. The number of aromatic nitrogens is 1. The molecule has 0 saturated heterocycles. The molecule has 0 atom stereocenters. The van der Waals surface area contributed by atoms with Crippen LogP contribution in [0, 0.1) is 11.3 Å². The number of hydrogen-bond donors (Lipinski definition) is 4. The van der Waals surface area contributed by atoms with Crippen molar-refractivity contribution in [2.45, 2.75) is 40.5 Å². The summed E-state index contributed by atoms with van der Waals surface area (Å²) >= 11 is 0. The maximum atomic E-state index is 12.8. The molecule has 32 heavy (non-hydrogen) atoms. The van der Waals surface area contributed by atoms with Crippen LogP contribution < -0.4 is 16.1 Å². The summed E-state index contributed by atoms with van der Waals surface area (Å²) in [7, 11) is 0. The number of benzene rings is 1. The number of carbonyl (C=O) groups is 3. The molecule has 2 aromatic rings. The Balaban J connectivity index is 1.94. The molecule has 9 nitrogen and oxygen atoms in total. The van der Waals surface area contributed by atoms with E-state index in [9.17, 15) is 14.4 Å². The molecule has 174 valence electrons. The van der Waals surface area contributed by atoms with E-state index < -0.39 is 11.3 Å². The van der Waals surface area contributed by atoms with Crippen molar-refractivity contribution >= 4 is 34.4 Å². The van der Waals surface area contributed by atoms with Gasteiger partial charge in [0.05, 0.1) is 11.2 Å². The average molecular weight is 444 g/mol. The van der Waals surface area contributed by atoms with Gasteiger partial charge in [-0.25, -0.2) is 10.3 Å². The maximum Gasteiger partial charge on any atom is 0.319 e. The summed E-state index contributed by atoms with van der Waals surface area (Å²) in [6.45, 7) is 8.28. The van der Waals surface area contributed by atoms with Gasteiger partial charge in [-0.05, 0) is 29.9 Å². The molecule has 1 aromatic carbocycles. The highest BCUT2D eigenvalue weighted by molar-refractivity contribution is 5.99. The van der Waals surface area contributed by atoms with Gasteiger partial charge in [-0.2, -0.15) is 0 Å². The van der Waals surface area contributed by atoms with Gasteiger partial charge in [-0.15, -0.1) is 0 Å². The van der Waals surface area contributed by atoms with Crippen LogP contribution in [0.2, 0.25) is 0 Å². The van der Waals surface area contributed by atoms with Crippen molar-refractivity contribution in [1.29, 1.82) is 0 Å². The SMILES string of the molecule is CC(C)CCN(CC(=O)NO)C(=O)CC(C)(C)CNC(=O)Nc1cccc2cccnc12. The van der Waals surface area contributed by atoms with Crippen molar-refractivity contribution in [2.75, 3.05) is 25.0 Å².